The summed E-state index contributed by atoms with van der Waals surface area (Å²) >= 11 is 0. The van der Waals surface area contributed by atoms with Crippen molar-refractivity contribution in [3.05, 3.63) is 40.6 Å². The van der Waals surface area contributed by atoms with Crippen LogP contribution >= 0.6 is 0 Å². The van der Waals surface area contributed by atoms with Crippen molar-refractivity contribution < 1.29 is 0 Å². The van der Waals surface area contributed by atoms with Gasteiger partial charge in [0.25, 0.3) is 0 Å². The SMILES string of the molecule is CCc1cccc2c(C#N)c3c(nc12)CCC3. The molecule has 0 saturated heterocycles. The summed E-state index contributed by atoms with van der Waals surface area (Å²) in [4.78, 5) is 4.78. The molecule has 1 aromatic heterocycles. The number of para-hydroxylation sites is 1. The Balaban J connectivity index is 2.45. The summed E-state index contributed by atoms with van der Waals surface area (Å²) in [6.45, 7) is 2.13. The molecule has 0 atom stereocenters. The van der Waals surface area contributed by atoms with Gasteiger partial charge in [-0.1, -0.05) is 25.1 Å². The highest BCUT2D eigenvalue weighted by molar-refractivity contribution is 5.89. The molecule has 0 fully saturated rings. The van der Waals surface area contributed by atoms with Gasteiger partial charge in [0.1, 0.15) is 6.07 Å². The van der Waals surface area contributed by atoms with Crippen molar-refractivity contribution in [3.8, 4) is 6.07 Å². The fourth-order valence-electron chi connectivity index (χ4n) is 2.76. The third kappa shape index (κ3) is 1.43. The van der Waals surface area contributed by atoms with E-state index >= 15 is 0 Å². The Labute approximate surface area is 101 Å². The molecule has 1 heterocycles. The van der Waals surface area contributed by atoms with Crippen LogP contribution in [-0.2, 0) is 19.3 Å². The number of nitrogens with zero attached hydrogens (tertiary/aromatic N) is 2. The van der Waals surface area contributed by atoms with E-state index in [4.69, 9.17) is 4.98 Å². The first kappa shape index (κ1) is 10.3. The van der Waals surface area contributed by atoms with Crippen LogP contribution in [0.25, 0.3) is 10.9 Å². The van der Waals surface area contributed by atoms with E-state index < -0.39 is 0 Å². The van der Waals surface area contributed by atoms with Gasteiger partial charge in [0, 0.05) is 11.1 Å². The van der Waals surface area contributed by atoms with Gasteiger partial charge in [0.15, 0.2) is 0 Å². The maximum Gasteiger partial charge on any atom is 0.100 e. The van der Waals surface area contributed by atoms with Crippen molar-refractivity contribution in [3.63, 3.8) is 0 Å². The number of fused-ring (bicyclic) bond motifs is 2. The summed E-state index contributed by atoms with van der Waals surface area (Å²) in [5.41, 5.74) is 5.47. The van der Waals surface area contributed by atoms with Crippen LogP contribution in [-0.4, -0.2) is 4.98 Å². The zero-order valence-electron chi connectivity index (χ0n) is 9.95. The number of aryl methyl sites for hydroxylation is 2. The molecule has 0 aliphatic heterocycles. The number of pyridine rings is 1. The van der Waals surface area contributed by atoms with Crippen LogP contribution in [0.4, 0.5) is 0 Å². The molecule has 1 aromatic carbocycles. The maximum absolute atomic E-state index is 9.39. The highest BCUT2D eigenvalue weighted by atomic mass is 14.7. The first-order chi connectivity index (χ1) is 8.35. The lowest BCUT2D eigenvalue weighted by Crippen LogP contribution is -1.98. The topological polar surface area (TPSA) is 36.7 Å². The smallest absolute Gasteiger partial charge is 0.100 e. The molecular formula is C15H14N2. The van der Waals surface area contributed by atoms with Gasteiger partial charge in [-0.3, -0.25) is 4.98 Å². The molecule has 3 rings (SSSR count). The van der Waals surface area contributed by atoms with Gasteiger partial charge < -0.3 is 0 Å². The minimum absolute atomic E-state index is 0.859. The van der Waals surface area contributed by atoms with E-state index in [1.54, 1.807) is 0 Å². The third-order valence-electron chi connectivity index (χ3n) is 3.62. The van der Waals surface area contributed by atoms with Crippen molar-refractivity contribution in [1.29, 1.82) is 5.26 Å². The molecule has 1 aliphatic carbocycles. The Morgan fingerprint density at radius 3 is 3.00 bits per heavy atom. The summed E-state index contributed by atoms with van der Waals surface area (Å²) in [5, 5.41) is 10.4. The molecule has 1 aliphatic rings. The van der Waals surface area contributed by atoms with Crippen LogP contribution in [0, 0.1) is 11.3 Å². The second-order valence-electron chi connectivity index (χ2n) is 4.54. The first-order valence-electron chi connectivity index (χ1n) is 6.18. The fraction of sp³-hybridized carbons (Fsp3) is 0.333. The van der Waals surface area contributed by atoms with Crippen molar-refractivity contribution in [2.75, 3.05) is 0 Å². The first-order valence-corrected chi connectivity index (χ1v) is 6.18. The lowest BCUT2D eigenvalue weighted by Gasteiger charge is -2.09. The number of hydrogen-bond acceptors (Lipinski definition) is 2. The van der Waals surface area contributed by atoms with Gasteiger partial charge in [0.05, 0.1) is 11.1 Å². The van der Waals surface area contributed by atoms with Crippen molar-refractivity contribution in [2.45, 2.75) is 32.6 Å². The molecule has 0 N–H and O–H groups in total. The van der Waals surface area contributed by atoms with E-state index in [-0.39, 0.29) is 0 Å². The summed E-state index contributed by atoms with van der Waals surface area (Å²) in [6, 6.07) is 8.55. The van der Waals surface area contributed by atoms with Gasteiger partial charge in [-0.15, -0.1) is 0 Å². The minimum Gasteiger partial charge on any atom is -0.252 e. The van der Waals surface area contributed by atoms with Crippen molar-refractivity contribution in [2.24, 2.45) is 0 Å². The highest BCUT2D eigenvalue weighted by Crippen LogP contribution is 2.30. The van der Waals surface area contributed by atoms with Gasteiger partial charge in [-0.2, -0.15) is 5.26 Å². The number of benzene rings is 1. The average molecular weight is 222 g/mol. The van der Waals surface area contributed by atoms with Gasteiger partial charge in [-0.25, -0.2) is 0 Å². The van der Waals surface area contributed by atoms with Crippen molar-refractivity contribution >= 4 is 10.9 Å². The van der Waals surface area contributed by atoms with E-state index in [0.29, 0.717) is 0 Å². The van der Waals surface area contributed by atoms with Crippen molar-refractivity contribution in [1.82, 2.24) is 4.98 Å². The predicted molar refractivity (Wildman–Crippen MR) is 67.9 cm³/mol. The Kier molecular flexibility index (Phi) is 2.33. The minimum atomic E-state index is 0.859. The zero-order chi connectivity index (χ0) is 11.8. The van der Waals surface area contributed by atoms with Crippen LogP contribution in [0.1, 0.15) is 35.7 Å². The predicted octanol–water partition coefficient (Wildman–Crippen LogP) is 3.16. The van der Waals surface area contributed by atoms with E-state index in [9.17, 15) is 5.26 Å². The quantitative estimate of drug-likeness (QED) is 0.743. The Hall–Kier alpha value is -1.88. The largest absolute Gasteiger partial charge is 0.252 e. The number of nitriles is 1. The summed E-state index contributed by atoms with van der Waals surface area (Å²) in [6.07, 6.45) is 4.14. The number of rotatable bonds is 1. The second kappa shape index (κ2) is 3.85. The molecule has 2 heteroatoms. The number of aromatic nitrogens is 1. The van der Waals surface area contributed by atoms with Gasteiger partial charge >= 0.3 is 0 Å². The fourth-order valence-corrected chi connectivity index (χ4v) is 2.76. The molecule has 0 bridgehead atoms. The van der Waals surface area contributed by atoms with Crippen LogP contribution in [0.2, 0.25) is 0 Å². The number of hydrogen-bond donors (Lipinski definition) is 0. The molecule has 0 unspecified atom stereocenters. The molecule has 2 aromatic rings. The molecule has 84 valence electrons. The summed E-state index contributed by atoms with van der Waals surface area (Å²) in [7, 11) is 0. The Bertz CT molecular complexity index is 635. The summed E-state index contributed by atoms with van der Waals surface area (Å²) < 4.78 is 0. The molecule has 2 nitrogen and oxygen atoms in total. The molecule has 0 spiro atoms. The maximum atomic E-state index is 9.39. The molecule has 0 radical (unpaired) electrons. The molecular weight excluding hydrogens is 208 g/mol. The van der Waals surface area contributed by atoms with Crippen LogP contribution in [0.3, 0.4) is 0 Å². The third-order valence-corrected chi connectivity index (χ3v) is 3.62. The van der Waals surface area contributed by atoms with E-state index in [1.165, 1.54) is 11.1 Å². The van der Waals surface area contributed by atoms with E-state index in [0.717, 1.165) is 47.8 Å². The zero-order valence-corrected chi connectivity index (χ0v) is 9.95. The molecule has 0 saturated carbocycles. The van der Waals surface area contributed by atoms with Gasteiger partial charge in [-0.05, 0) is 36.8 Å². The summed E-state index contributed by atoms with van der Waals surface area (Å²) in [5.74, 6) is 0. The Morgan fingerprint density at radius 1 is 1.35 bits per heavy atom. The monoisotopic (exact) mass is 222 g/mol. The average Bonchev–Trinajstić information content (AvgIpc) is 2.82. The molecule has 0 amide bonds. The van der Waals surface area contributed by atoms with Gasteiger partial charge in [0.2, 0.25) is 0 Å². The lowest BCUT2D eigenvalue weighted by molar-refractivity contribution is 0.900. The second-order valence-corrected chi connectivity index (χ2v) is 4.54. The van der Waals surface area contributed by atoms with E-state index in [2.05, 4.69) is 19.1 Å². The Morgan fingerprint density at radius 2 is 2.24 bits per heavy atom. The molecule has 17 heavy (non-hydrogen) atoms. The van der Waals surface area contributed by atoms with Crippen LogP contribution in [0.15, 0.2) is 18.2 Å². The standard InChI is InChI=1S/C15H14N2/c1-2-10-5-3-7-12-13(9-16)11-6-4-8-14(11)17-15(10)12/h3,5,7H,2,4,6,8H2,1H3. The highest BCUT2D eigenvalue weighted by Gasteiger charge is 2.19. The van der Waals surface area contributed by atoms with Crippen LogP contribution in [0.5, 0.6) is 0 Å². The van der Waals surface area contributed by atoms with Crippen LogP contribution < -0.4 is 0 Å². The lowest BCUT2D eigenvalue weighted by atomic mass is 9.99. The van der Waals surface area contributed by atoms with E-state index in [1.807, 2.05) is 12.1 Å². The normalized spacial score (nSPS) is 13.6.